The van der Waals surface area contributed by atoms with Gasteiger partial charge in [-0.15, -0.1) is 9.45 Å². The predicted molar refractivity (Wildman–Crippen MR) is 130 cm³/mol. The van der Waals surface area contributed by atoms with Gasteiger partial charge in [-0.2, -0.15) is 5.10 Å². The molecule has 0 radical (unpaired) electrons. The summed E-state index contributed by atoms with van der Waals surface area (Å²) in [6, 6.07) is 6.49. The predicted octanol–water partition coefficient (Wildman–Crippen LogP) is 5.68. The van der Waals surface area contributed by atoms with Crippen molar-refractivity contribution in [2.45, 2.75) is 76.3 Å². The lowest BCUT2D eigenvalue weighted by Gasteiger charge is -2.09. The molecule has 30 heavy (non-hydrogen) atoms. The Morgan fingerprint density at radius 3 is 2.77 bits per heavy atom. The number of anilines is 2. The van der Waals surface area contributed by atoms with Gasteiger partial charge < -0.3 is 10.6 Å². The van der Waals surface area contributed by atoms with Crippen LogP contribution in [0.25, 0.3) is 0 Å². The van der Waals surface area contributed by atoms with Crippen molar-refractivity contribution in [3.05, 3.63) is 40.8 Å². The molecule has 4 nitrogen and oxygen atoms in total. The monoisotopic (exact) mass is 450 g/mol. The van der Waals surface area contributed by atoms with Crippen molar-refractivity contribution in [2.24, 2.45) is 5.92 Å². The van der Waals surface area contributed by atoms with E-state index < -0.39 is 0 Å². The van der Waals surface area contributed by atoms with E-state index in [-0.39, 0.29) is 15.3 Å². The normalized spacial score (nSPS) is 22.7. The van der Waals surface area contributed by atoms with Gasteiger partial charge in [0, 0.05) is 40.8 Å². The zero-order valence-corrected chi connectivity index (χ0v) is 20.2. The average molecular weight is 451 g/mol. The quantitative estimate of drug-likeness (QED) is 0.530. The molecule has 0 amide bonds. The second-order valence-electron chi connectivity index (χ2n) is 8.73. The first kappa shape index (κ1) is 23.4. The van der Waals surface area contributed by atoms with Crippen molar-refractivity contribution in [3.8, 4) is 0 Å². The van der Waals surface area contributed by atoms with Crippen LogP contribution in [0.3, 0.4) is 0 Å². The van der Waals surface area contributed by atoms with Crippen LogP contribution in [0.4, 0.5) is 15.9 Å². The molecular formula is C23H35FN4S2. The Balaban J connectivity index is 0.000000461. The molecule has 1 fully saturated rings. The maximum absolute atomic E-state index is 14.7. The molecule has 3 unspecified atom stereocenters. The highest BCUT2D eigenvalue weighted by Crippen LogP contribution is 2.40. The zero-order valence-electron chi connectivity index (χ0n) is 18.6. The number of rotatable bonds is 6. The largest absolute Gasteiger partial charge is 0.336 e. The SMILES string of the molecule is CCCC1CCC(c2cc(Nc3ccc4c(c3F)CS(=S)C4)n[nH]2)C1.CNC(C)C. The molecule has 0 saturated heterocycles. The van der Waals surface area contributed by atoms with Crippen LogP contribution in [-0.4, -0.2) is 23.3 Å². The van der Waals surface area contributed by atoms with E-state index in [0.717, 1.165) is 22.8 Å². The second-order valence-corrected chi connectivity index (χ2v) is 11.6. The van der Waals surface area contributed by atoms with Crippen LogP contribution in [-0.2, 0) is 32.1 Å². The number of hydrogen-bond acceptors (Lipinski definition) is 4. The van der Waals surface area contributed by atoms with Gasteiger partial charge in [0.15, 0.2) is 11.6 Å². The molecule has 1 aliphatic carbocycles. The summed E-state index contributed by atoms with van der Waals surface area (Å²) in [5, 5.41) is 13.7. The first-order valence-electron chi connectivity index (χ1n) is 11.1. The molecule has 4 rings (SSSR count). The molecule has 2 heterocycles. The van der Waals surface area contributed by atoms with Crippen LogP contribution >= 0.6 is 0 Å². The average Bonchev–Trinajstić information content (AvgIpc) is 3.44. The Bertz CT molecular complexity index is 865. The van der Waals surface area contributed by atoms with E-state index in [1.165, 1.54) is 37.8 Å². The van der Waals surface area contributed by atoms with Gasteiger partial charge in [-0.3, -0.25) is 5.10 Å². The minimum absolute atomic E-state index is 0.144. The first-order valence-corrected chi connectivity index (χ1v) is 13.5. The van der Waals surface area contributed by atoms with Crippen molar-refractivity contribution in [1.29, 1.82) is 0 Å². The summed E-state index contributed by atoms with van der Waals surface area (Å²) >= 11 is 5.36. The molecular weight excluding hydrogens is 415 g/mol. The maximum Gasteiger partial charge on any atom is 0.152 e. The third-order valence-corrected chi connectivity index (χ3v) is 8.03. The number of hydrogen-bond donors (Lipinski definition) is 3. The van der Waals surface area contributed by atoms with E-state index in [9.17, 15) is 4.39 Å². The van der Waals surface area contributed by atoms with Gasteiger partial charge in [-0.25, -0.2) is 4.39 Å². The Morgan fingerprint density at radius 1 is 1.30 bits per heavy atom. The molecule has 1 aromatic heterocycles. The van der Waals surface area contributed by atoms with E-state index in [4.69, 9.17) is 11.2 Å². The number of aromatic amines is 1. The van der Waals surface area contributed by atoms with Crippen molar-refractivity contribution in [1.82, 2.24) is 15.5 Å². The van der Waals surface area contributed by atoms with Gasteiger partial charge in [0.1, 0.15) is 0 Å². The summed E-state index contributed by atoms with van der Waals surface area (Å²) in [4.78, 5) is 0. The third-order valence-electron chi connectivity index (χ3n) is 6.08. The van der Waals surface area contributed by atoms with Crippen LogP contribution in [0.2, 0.25) is 0 Å². The van der Waals surface area contributed by atoms with Crippen LogP contribution in [0.15, 0.2) is 18.2 Å². The summed E-state index contributed by atoms with van der Waals surface area (Å²) in [6.07, 6.45) is 6.35. The Morgan fingerprint density at radius 2 is 2.07 bits per heavy atom. The summed E-state index contributed by atoms with van der Waals surface area (Å²) in [5.74, 6) is 3.45. The molecule has 0 bridgehead atoms. The Hall–Kier alpha value is -1.31. The number of nitrogens with zero attached hydrogens (tertiary/aromatic N) is 1. The number of benzene rings is 1. The topological polar surface area (TPSA) is 52.7 Å². The standard InChI is InChI=1S/C19H24FN3S2.C4H11N/c1-2-3-12-4-5-13(8-12)17-9-18(23-22-17)21-16-7-6-14-10-25(24)11-15(14)19(16)20;1-4(2)5-3/h6-7,9,12-13H,2-5,8,10-11H2,1H3,(H2,21,22,23);4-5H,1-3H3. The number of aromatic nitrogens is 2. The fourth-order valence-electron chi connectivity index (χ4n) is 4.21. The summed E-state index contributed by atoms with van der Waals surface area (Å²) in [7, 11) is 1.81. The molecule has 1 aliphatic heterocycles. The summed E-state index contributed by atoms with van der Waals surface area (Å²) in [6.45, 7) is 6.48. The number of H-pyrrole nitrogens is 1. The van der Waals surface area contributed by atoms with Gasteiger partial charge >= 0.3 is 0 Å². The lowest BCUT2D eigenvalue weighted by molar-refractivity contribution is 0.488. The van der Waals surface area contributed by atoms with Gasteiger partial charge in [0.05, 0.1) is 5.69 Å². The number of fused-ring (bicyclic) bond motifs is 1. The lowest BCUT2D eigenvalue weighted by Crippen LogP contribution is -2.15. The fraction of sp³-hybridized carbons (Fsp3) is 0.609. The minimum Gasteiger partial charge on any atom is -0.336 e. The van der Waals surface area contributed by atoms with Gasteiger partial charge in [0.25, 0.3) is 0 Å². The first-order chi connectivity index (χ1) is 14.4. The van der Waals surface area contributed by atoms with Crippen molar-refractivity contribution in [3.63, 3.8) is 0 Å². The minimum atomic E-state index is -0.161. The van der Waals surface area contributed by atoms with E-state index in [1.807, 2.05) is 25.2 Å². The highest BCUT2D eigenvalue weighted by molar-refractivity contribution is 8.28. The summed E-state index contributed by atoms with van der Waals surface area (Å²) < 4.78 is 14.7. The Kier molecular flexibility index (Phi) is 8.43. The van der Waals surface area contributed by atoms with Crippen LogP contribution < -0.4 is 10.6 Å². The van der Waals surface area contributed by atoms with Crippen molar-refractivity contribution < 1.29 is 4.39 Å². The van der Waals surface area contributed by atoms with Crippen molar-refractivity contribution >= 4 is 32.1 Å². The zero-order chi connectivity index (χ0) is 21.7. The van der Waals surface area contributed by atoms with Crippen LogP contribution in [0.5, 0.6) is 0 Å². The van der Waals surface area contributed by atoms with Crippen LogP contribution in [0, 0.1) is 11.7 Å². The molecule has 2 aromatic rings. The van der Waals surface area contributed by atoms with Gasteiger partial charge in [-0.05, 0) is 43.9 Å². The highest BCUT2D eigenvalue weighted by Gasteiger charge is 2.27. The number of nitrogens with one attached hydrogen (secondary N) is 3. The molecule has 3 atom stereocenters. The van der Waals surface area contributed by atoms with E-state index >= 15 is 0 Å². The smallest absolute Gasteiger partial charge is 0.152 e. The molecule has 2 aliphatic rings. The second kappa shape index (κ2) is 10.8. The molecule has 1 aromatic carbocycles. The van der Waals surface area contributed by atoms with Gasteiger partial charge in [-0.1, -0.05) is 50.9 Å². The molecule has 0 spiro atoms. The summed E-state index contributed by atoms with van der Waals surface area (Å²) in [5.41, 5.74) is 3.53. The van der Waals surface area contributed by atoms with E-state index in [0.29, 0.717) is 29.2 Å². The molecule has 1 saturated carbocycles. The fourth-order valence-corrected chi connectivity index (χ4v) is 6.30. The maximum atomic E-state index is 14.7. The van der Waals surface area contributed by atoms with Crippen molar-refractivity contribution in [2.75, 3.05) is 12.4 Å². The van der Waals surface area contributed by atoms with Gasteiger partial charge in [0.2, 0.25) is 0 Å². The van der Waals surface area contributed by atoms with E-state index in [2.05, 4.69) is 41.6 Å². The third kappa shape index (κ3) is 5.89. The number of halogens is 1. The van der Waals surface area contributed by atoms with Crippen LogP contribution in [0.1, 0.15) is 75.6 Å². The molecule has 3 N–H and O–H groups in total. The van der Waals surface area contributed by atoms with E-state index in [1.54, 1.807) is 0 Å². The Labute approximate surface area is 187 Å². The molecule has 166 valence electrons. The highest BCUT2D eigenvalue weighted by atomic mass is 32.8. The molecule has 7 heteroatoms. The lowest BCUT2D eigenvalue weighted by atomic mass is 9.99.